The lowest BCUT2D eigenvalue weighted by Gasteiger charge is -2.38. The molecule has 562 valence electrons. The molecule has 0 spiro atoms. The van der Waals surface area contributed by atoms with E-state index in [1.165, 1.54) is 0 Å². The summed E-state index contributed by atoms with van der Waals surface area (Å²) < 4.78 is 0. The second-order valence-corrected chi connectivity index (χ2v) is 31.2. The summed E-state index contributed by atoms with van der Waals surface area (Å²) >= 11 is 0. The summed E-state index contributed by atoms with van der Waals surface area (Å²) in [6, 6.07) is 32.1. The number of benzene rings is 12. The highest BCUT2D eigenvalue weighted by molar-refractivity contribution is 6.34. The molecule has 116 heavy (non-hydrogen) atoms. The molecule has 0 N–H and O–H groups in total. The summed E-state index contributed by atoms with van der Waals surface area (Å²) in [6.45, 7) is 35.4. The van der Waals surface area contributed by atoms with Crippen LogP contribution in [0, 0.1) is 111 Å². The van der Waals surface area contributed by atoms with Crippen LogP contribution < -0.4 is 19.6 Å². The molecule has 20 aromatic rings. The van der Waals surface area contributed by atoms with Crippen LogP contribution in [0.4, 0.5) is 68.2 Å². The minimum absolute atomic E-state index is 0.843. The number of rotatable bonds is 12. The fraction of sp³-hybridized carbons (Fsp3) is 0.167. The van der Waals surface area contributed by atoms with Gasteiger partial charge in [-0.1, -0.05) is 24.3 Å². The molecule has 0 fully saturated rings. The zero-order valence-electron chi connectivity index (χ0n) is 67.3. The Morgan fingerprint density at radius 3 is 0.448 bits per heavy atom. The lowest BCUT2D eigenvalue weighted by Crippen LogP contribution is -2.21. The van der Waals surface area contributed by atoms with Crippen LogP contribution in [-0.4, -0.2) is 79.7 Å². The molecule has 8 aromatic heterocycles. The first kappa shape index (κ1) is 70.7. The largest absolute Gasteiger partial charge is 0.309 e. The van der Waals surface area contributed by atoms with E-state index in [1.807, 2.05) is 49.6 Å². The monoisotopic (exact) mass is 1510 g/mol. The average Bonchev–Trinajstić information content (AvgIpc) is 0.689. The van der Waals surface area contributed by atoms with Crippen molar-refractivity contribution in [2.75, 3.05) is 19.6 Å². The summed E-state index contributed by atoms with van der Waals surface area (Å²) in [5.74, 6) is 0. The van der Waals surface area contributed by atoms with Crippen LogP contribution >= 0.6 is 0 Å². The van der Waals surface area contributed by atoms with Crippen molar-refractivity contribution in [1.82, 2.24) is 79.7 Å². The van der Waals surface area contributed by atoms with E-state index in [-0.39, 0.29) is 0 Å². The summed E-state index contributed by atoms with van der Waals surface area (Å²) in [7, 11) is 0. The van der Waals surface area contributed by atoms with Gasteiger partial charge in [0.15, 0.2) is 0 Å². The van der Waals surface area contributed by atoms with Gasteiger partial charge < -0.3 is 19.6 Å². The number of hydrogen-bond acceptors (Lipinski definition) is 20. The molecule has 20 rings (SSSR count). The maximum Gasteiger partial charge on any atom is 0.116 e. The zero-order valence-corrected chi connectivity index (χ0v) is 67.3. The molecular weight excluding hydrogens is 1430 g/mol. The Bertz CT molecular complexity index is 6410. The SMILES string of the molecule is Cc1cc2ncncc2c(C)c1N(c1c(C)cc2ncncc2c1C)c1cc(N(c2c(C)cc3ncncc3c2C)c2c(C)cc3ncncc3c2C)c2ccc3c(N(c4c(C)cc5ncncc5c4C)c4c(C)cc5ncncc5c4C)cc(N(c4c(C)cc5ncncc5c4C)c4c(C)cc5ncncc5c4C)c4ccc1c2c43. The van der Waals surface area contributed by atoms with E-state index in [0.29, 0.717) is 0 Å². The van der Waals surface area contributed by atoms with Gasteiger partial charge in [-0.2, -0.15) is 0 Å². The minimum atomic E-state index is 0.843. The fourth-order valence-corrected chi connectivity index (χ4v) is 19.3. The molecule has 0 aliphatic carbocycles. The second-order valence-electron chi connectivity index (χ2n) is 31.2. The van der Waals surface area contributed by atoms with E-state index in [2.05, 4.69) is 215 Å². The molecule has 0 aliphatic heterocycles. The van der Waals surface area contributed by atoms with Gasteiger partial charge in [0.05, 0.1) is 112 Å². The molecule has 0 atom stereocenters. The smallest absolute Gasteiger partial charge is 0.116 e. The third kappa shape index (κ3) is 10.5. The maximum atomic E-state index is 4.94. The standard InChI is InChI=1S/C96H78N20/c1-47-21-75-67(31-97-39-105-75)55(9)89(47)113(90-48(2)22-76-68(56(90)10)32-98-40-106-76)83-29-84(114(91-49(3)23-77-69(57(91)11)33-99-41-107-77)92-50(4)24-78-70(58(92)12)34-100-42-108-78)64-19-20-66-86(116(95-53(7)27-81-73(61(95)15)37-103-45-111-81)96-54(8)28-82-74(62(96)16)38-104-46-112-82)30-85(65-18-17-63(83)87(64)88(65)66)115(93-51(5)25-79-71(59(93)13)35-101-43-109-79)94-52(6)26-80-72(60(94)14)36-102-44-110-80/h17-46H,1-16H3. The normalized spacial score (nSPS) is 12.0. The first-order valence-corrected chi connectivity index (χ1v) is 38.8. The number of aryl methyl sites for hydroxylation is 16. The molecule has 0 aliphatic rings. The number of nitrogens with zero attached hydrogens (tertiary/aromatic N) is 20. The van der Waals surface area contributed by atoms with Crippen LogP contribution in [0.3, 0.4) is 0 Å². The van der Waals surface area contributed by atoms with Crippen LogP contribution in [-0.2, 0) is 0 Å². The van der Waals surface area contributed by atoms with E-state index in [1.54, 1.807) is 50.6 Å². The Labute approximate surface area is 668 Å². The Morgan fingerprint density at radius 2 is 0.310 bits per heavy atom. The Balaban J connectivity index is 1.06. The quantitative estimate of drug-likeness (QED) is 0.104. The summed E-state index contributed by atoms with van der Waals surface area (Å²) in [6.07, 6.45) is 28.7. The van der Waals surface area contributed by atoms with Crippen molar-refractivity contribution in [2.45, 2.75) is 111 Å². The van der Waals surface area contributed by atoms with Crippen LogP contribution in [0.5, 0.6) is 0 Å². The van der Waals surface area contributed by atoms with Crippen LogP contribution in [0.15, 0.2) is 185 Å². The zero-order chi connectivity index (χ0) is 79.7. The van der Waals surface area contributed by atoms with Gasteiger partial charge in [-0.15, -0.1) is 0 Å². The lowest BCUT2D eigenvalue weighted by molar-refractivity contribution is 1.16. The molecule has 0 bridgehead atoms. The van der Waals surface area contributed by atoms with E-state index >= 15 is 0 Å². The number of aromatic nitrogens is 16. The molecule has 0 amide bonds. The molecule has 0 unspecified atom stereocenters. The first-order chi connectivity index (χ1) is 56.2. The molecule has 0 saturated heterocycles. The van der Waals surface area contributed by atoms with Gasteiger partial charge in [0.25, 0.3) is 0 Å². The molecule has 8 heterocycles. The second kappa shape index (κ2) is 26.6. The predicted molar refractivity (Wildman–Crippen MR) is 469 cm³/mol. The van der Waals surface area contributed by atoms with E-state index in [9.17, 15) is 0 Å². The summed E-state index contributed by atoms with van der Waals surface area (Å²) in [5, 5.41) is 13.3. The van der Waals surface area contributed by atoms with E-state index < -0.39 is 0 Å². The van der Waals surface area contributed by atoms with Crippen molar-refractivity contribution in [3.8, 4) is 0 Å². The molecular formula is C96H78N20. The topological polar surface area (TPSA) is 219 Å². The fourth-order valence-electron chi connectivity index (χ4n) is 19.3. The Kier molecular flexibility index (Phi) is 16.2. The highest BCUT2D eigenvalue weighted by atomic mass is 15.2. The molecule has 0 saturated carbocycles. The van der Waals surface area contributed by atoms with Crippen LogP contribution in [0.1, 0.15) is 89.0 Å². The molecule has 12 aromatic carbocycles. The van der Waals surface area contributed by atoms with Crippen molar-refractivity contribution in [3.05, 3.63) is 274 Å². The summed E-state index contributed by atoms with van der Waals surface area (Å²) in [5.41, 5.74) is 34.2. The van der Waals surface area contributed by atoms with Crippen molar-refractivity contribution in [3.63, 3.8) is 0 Å². The maximum absolute atomic E-state index is 4.94. The highest BCUT2D eigenvalue weighted by Crippen LogP contribution is 2.60. The number of hydrogen-bond donors (Lipinski definition) is 0. The number of fused-ring (bicyclic) bond motifs is 8. The van der Waals surface area contributed by atoms with Gasteiger partial charge in [0, 0.05) is 125 Å². The minimum Gasteiger partial charge on any atom is -0.309 e. The van der Waals surface area contributed by atoms with Crippen molar-refractivity contribution >= 4 is 188 Å². The van der Waals surface area contributed by atoms with Gasteiger partial charge in [0.2, 0.25) is 0 Å². The van der Waals surface area contributed by atoms with Gasteiger partial charge in [0.1, 0.15) is 50.6 Å². The highest BCUT2D eigenvalue weighted by Gasteiger charge is 2.36. The van der Waals surface area contributed by atoms with Gasteiger partial charge in [-0.05, 0) is 260 Å². The van der Waals surface area contributed by atoms with Gasteiger partial charge in [-0.3, -0.25) is 0 Å². The number of anilines is 12. The molecule has 20 nitrogen and oxygen atoms in total. The van der Waals surface area contributed by atoms with Gasteiger partial charge >= 0.3 is 0 Å². The first-order valence-electron chi connectivity index (χ1n) is 38.8. The van der Waals surface area contributed by atoms with Gasteiger partial charge in [-0.25, -0.2) is 79.7 Å². The van der Waals surface area contributed by atoms with E-state index in [0.717, 1.165) is 277 Å². The molecule has 0 radical (unpaired) electrons. The Hall–Kier alpha value is -14.4. The third-order valence-electron chi connectivity index (χ3n) is 24.4. The molecule has 20 heteroatoms. The van der Waals surface area contributed by atoms with Crippen molar-refractivity contribution in [1.29, 1.82) is 0 Å². The Morgan fingerprint density at radius 1 is 0.172 bits per heavy atom. The van der Waals surface area contributed by atoms with E-state index in [4.69, 9.17) is 79.7 Å². The lowest BCUT2D eigenvalue weighted by atomic mass is 9.87. The predicted octanol–water partition coefficient (Wildman–Crippen LogP) is 22.9. The van der Waals surface area contributed by atoms with Crippen LogP contribution in [0.2, 0.25) is 0 Å². The third-order valence-corrected chi connectivity index (χ3v) is 24.4. The van der Waals surface area contributed by atoms with Crippen molar-refractivity contribution in [2.24, 2.45) is 0 Å². The summed E-state index contributed by atoms with van der Waals surface area (Å²) in [4.78, 5) is 87.6. The van der Waals surface area contributed by atoms with Crippen molar-refractivity contribution < 1.29 is 0 Å². The average molecular weight is 1510 g/mol. The van der Waals surface area contributed by atoms with Crippen LogP contribution in [0.25, 0.3) is 120 Å².